The number of ether oxygens (including phenoxy) is 2. The van der Waals surface area contributed by atoms with Crippen LogP contribution < -0.4 is 15.2 Å². The number of aryl methyl sites for hydroxylation is 1. The Balaban J connectivity index is 1.52. The van der Waals surface area contributed by atoms with Gasteiger partial charge in [0.2, 0.25) is 11.8 Å². The minimum atomic E-state index is -0.480. The van der Waals surface area contributed by atoms with E-state index in [4.69, 9.17) is 24.7 Å². The van der Waals surface area contributed by atoms with Crippen molar-refractivity contribution in [1.29, 1.82) is 5.26 Å². The topological polar surface area (TPSA) is 117 Å². The lowest BCUT2D eigenvalue weighted by Gasteiger charge is -2.24. The number of nitriles is 1. The van der Waals surface area contributed by atoms with Crippen LogP contribution in [0.15, 0.2) is 83.1 Å². The molecular weight excluding hydrogens is 444 g/mol. The Kier molecular flexibility index (Phi) is 4.60. The monoisotopic (exact) mass is 464 g/mol. The summed E-state index contributed by atoms with van der Waals surface area (Å²) in [5.41, 5.74) is 10.4. The largest absolute Gasteiger partial charge is 0.497 e. The van der Waals surface area contributed by atoms with E-state index in [-0.39, 0.29) is 5.88 Å². The third kappa shape index (κ3) is 3.23. The number of imidazole rings is 1. The Bertz CT molecular complexity index is 1640. The van der Waals surface area contributed by atoms with Gasteiger partial charge in [0, 0.05) is 30.5 Å². The van der Waals surface area contributed by atoms with Crippen molar-refractivity contribution in [2.45, 2.75) is 5.92 Å². The number of allylic oxidation sites excluding steroid dienone is 1. The number of aromatic nitrogens is 4. The number of furan rings is 1. The molecule has 2 aromatic carbocycles. The van der Waals surface area contributed by atoms with E-state index in [0.29, 0.717) is 28.5 Å². The standard InChI is InChI=1S/C26H20N6O3/c1-31-26-23(24(30-31)21-12-16-11-18(33-2)7-8-20(16)34-21)22(19(13-27)25(28)35-26)15-3-5-17(6-4-15)32-10-9-29-14-32/h3-12,14,22H,28H2,1-2H3. The van der Waals surface area contributed by atoms with Gasteiger partial charge in [-0.05, 0) is 42.0 Å². The van der Waals surface area contributed by atoms with E-state index in [9.17, 15) is 5.26 Å². The molecule has 1 aliphatic heterocycles. The molecule has 6 rings (SSSR count). The fraction of sp³-hybridized carbons (Fsp3) is 0.115. The van der Waals surface area contributed by atoms with Gasteiger partial charge in [-0.15, -0.1) is 0 Å². The molecular formula is C26H20N6O3. The Hall–Kier alpha value is -4.97. The molecule has 0 amide bonds. The van der Waals surface area contributed by atoms with Crippen LogP contribution in [0.25, 0.3) is 28.1 Å². The SMILES string of the molecule is COc1ccc2oc(-c3nn(C)c4c3C(c3ccc(-n5ccnc5)cc3)C(C#N)=C(N)O4)cc2c1. The predicted molar refractivity (Wildman–Crippen MR) is 128 cm³/mol. The maximum atomic E-state index is 10.0. The summed E-state index contributed by atoms with van der Waals surface area (Å²) in [6.45, 7) is 0. The van der Waals surface area contributed by atoms with Crippen molar-refractivity contribution >= 4 is 11.0 Å². The molecule has 0 saturated heterocycles. The van der Waals surface area contributed by atoms with E-state index in [0.717, 1.165) is 28.0 Å². The average molecular weight is 464 g/mol. The molecule has 2 N–H and O–H groups in total. The second-order valence-corrected chi connectivity index (χ2v) is 8.19. The normalized spacial score (nSPS) is 15.1. The van der Waals surface area contributed by atoms with Crippen molar-refractivity contribution in [3.05, 3.63) is 89.8 Å². The molecule has 35 heavy (non-hydrogen) atoms. The number of benzene rings is 2. The predicted octanol–water partition coefficient (Wildman–Crippen LogP) is 4.25. The first-order chi connectivity index (χ1) is 17.1. The maximum Gasteiger partial charge on any atom is 0.224 e. The molecule has 0 radical (unpaired) electrons. The van der Waals surface area contributed by atoms with Crippen LogP contribution in [-0.2, 0) is 7.05 Å². The van der Waals surface area contributed by atoms with Crippen LogP contribution in [0.5, 0.6) is 11.6 Å². The Morgan fingerprint density at radius 1 is 1.14 bits per heavy atom. The molecule has 172 valence electrons. The number of nitrogens with two attached hydrogens (primary N) is 1. The van der Waals surface area contributed by atoms with Gasteiger partial charge in [-0.2, -0.15) is 10.4 Å². The van der Waals surface area contributed by atoms with Gasteiger partial charge in [-0.25, -0.2) is 9.67 Å². The average Bonchev–Trinajstić information content (AvgIpc) is 3.62. The summed E-state index contributed by atoms with van der Waals surface area (Å²) in [6.07, 6.45) is 5.33. The van der Waals surface area contributed by atoms with Crippen LogP contribution in [-0.4, -0.2) is 26.4 Å². The molecule has 9 nitrogen and oxygen atoms in total. The van der Waals surface area contributed by atoms with Crippen LogP contribution in [0.4, 0.5) is 0 Å². The van der Waals surface area contributed by atoms with Gasteiger partial charge < -0.3 is 24.2 Å². The van der Waals surface area contributed by atoms with Crippen LogP contribution in [0.2, 0.25) is 0 Å². The van der Waals surface area contributed by atoms with Gasteiger partial charge in [0.25, 0.3) is 0 Å². The molecule has 1 aliphatic rings. The summed E-state index contributed by atoms with van der Waals surface area (Å²) in [5, 5.41) is 15.6. The Morgan fingerprint density at radius 3 is 2.69 bits per heavy atom. The molecule has 4 heterocycles. The number of hydrogen-bond acceptors (Lipinski definition) is 7. The number of hydrogen-bond donors (Lipinski definition) is 1. The molecule has 3 aromatic heterocycles. The lowest BCUT2D eigenvalue weighted by molar-refractivity contribution is 0.358. The fourth-order valence-electron chi connectivity index (χ4n) is 4.50. The highest BCUT2D eigenvalue weighted by Gasteiger charge is 2.37. The molecule has 0 aliphatic carbocycles. The fourth-order valence-corrected chi connectivity index (χ4v) is 4.50. The number of fused-ring (bicyclic) bond motifs is 2. The summed E-state index contributed by atoms with van der Waals surface area (Å²) < 4.78 is 20.9. The Labute approximate surface area is 200 Å². The van der Waals surface area contributed by atoms with Crippen molar-refractivity contribution in [2.24, 2.45) is 12.8 Å². The van der Waals surface area contributed by atoms with E-state index >= 15 is 0 Å². The molecule has 1 atom stereocenters. The third-order valence-corrected chi connectivity index (χ3v) is 6.19. The van der Waals surface area contributed by atoms with Crippen LogP contribution in [0.1, 0.15) is 17.0 Å². The summed E-state index contributed by atoms with van der Waals surface area (Å²) in [7, 11) is 3.40. The van der Waals surface area contributed by atoms with Gasteiger partial charge >= 0.3 is 0 Å². The van der Waals surface area contributed by atoms with E-state index in [2.05, 4.69) is 11.1 Å². The van der Waals surface area contributed by atoms with Crippen molar-refractivity contribution in [3.8, 4) is 34.8 Å². The summed E-state index contributed by atoms with van der Waals surface area (Å²) >= 11 is 0. The molecule has 1 unspecified atom stereocenters. The minimum absolute atomic E-state index is 0.0626. The third-order valence-electron chi connectivity index (χ3n) is 6.19. The van der Waals surface area contributed by atoms with Gasteiger partial charge in [0.1, 0.15) is 28.7 Å². The zero-order valence-corrected chi connectivity index (χ0v) is 19.0. The zero-order chi connectivity index (χ0) is 24.1. The van der Waals surface area contributed by atoms with Gasteiger partial charge in [-0.3, -0.25) is 0 Å². The highest BCUT2D eigenvalue weighted by molar-refractivity contribution is 5.84. The van der Waals surface area contributed by atoms with Gasteiger partial charge in [0.05, 0.1) is 24.9 Å². The lowest BCUT2D eigenvalue weighted by atomic mass is 9.83. The minimum Gasteiger partial charge on any atom is -0.497 e. The first-order valence-electron chi connectivity index (χ1n) is 10.9. The molecule has 5 aromatic rings. The van der Waals surface area contributed by atoms with Crippen LogP contribution in [0.3, 0.4) is 0 Å². The second-order valence-electron chi connectivity index (χ2n) is 8.19. The molecule has 0 spiro atoms. The smallest absolute Gasteiger partial charge is 0.224 e. The number of rotatable bonds is 4. The molecule has 0 saturated carbocycles. The number of methoxy groups -OCH3 is 1. The molecule has 9 heteroatoms. The first-order valence-corrected chi connectivity index (χ1v) is 10.9. The van der Waals surface area contributed by atoms with Crippen LogP contribution in [0, 0.1) is 11.3 Å². The molecule has 0 bridgehead atoms. The van der Waals surface area contributed by atoms with Crippen molar-refractivity contribution < 1.29 is 13.9 Å². The zero-order valence-electron chi connectivity index (χ0n) is 19.0. The summed E-state index contributed by atoms with van der Waals surface area (Å²) in [6, 6.07) is 17.6. The summed E-state index contributed by atoms with van der Waals surface area (Å²) in [4.78, 5) is 4.10. The van der Waals surface area contributed by atoms with E-state index in [1.165, 1.54) is 0 Å². The first kappa shape index (κ1) is 20.6. The summed E-state index contributed by atoms with van der Waals surface area (Å²) in [5.74, 6) is 1.35. The lowest BCUT2D eigenvalue weighted by Crippen LogP contribution is -2.21. The van der Waals surface area contributed by atoms with Crippen molar-refractivity contribution in [3.63, 3.8) is 0 Å². The molecule has 0 fully saturated rings. The van der Waals surface area contributed by atoms with E-state index < -0.39 is 5.92 Å². The van der Waals surface area contributed by atoms with Crippen molar-refractivity contribution in [1.82, 2.24) is 19.3 Å². The highest BCUT2D eigenvalue weighted by Crippen LogP contribution is 2.47. The second kappa shape index (κ2) is 7.81. The Morgan fingerprint density at radius 2 is 1.97 bits per heavy atom. The quantitative estimate of drug-likeness (QED) is 0.423. The van der Waals surface area contributed by atoms with Gasteiger partial charge in [0.15, 0.2) is 5.76 Å². The maximum absolute atomic E-state index is 10.0. The van der Waals surface area contributed by atoms with Gasteiger partial charge in [-0.1, -0.05) is 12.1 Å². The van der Waals surface area contributed by atoms with E-state index in [1.54, 1.807) is 31.4 Å². The number of nitrogens with zero attached hydrogens (tertiary/aromatic N) is 5. The van der Waals surface area contributed by atoms with Crippen molar-refractivity contribution in [2.75, 3.05) is 7.11 Å². The van der Waals surface area contributed by atoms with E-state index in [1.807, 2.05) is 59.3 Å². The van der Waals surface area contributed by atoms with Crippen LogP contribution >= 0.6 is 0 Å². The highest BCUT2D eigenvalue weighted by atomic mass is 16.5.